The maximum absolute atomic E-state index is 12.1. The zero-order valence-corrected chi connectivity index (χ0v) is 13.6. The van der Waals surface area contributed by atoms with Crippen LogP contribution in [0.5, 0.6) is 0 Å². The average Bonchev–Trinajstić information content (AvgIpc) is 3.24. The molecular formula is C19H17NO2S. The van der Waals surface area contributed by atoms with Crippen molar-refractivity contribution < 1.29 is 9.53 Å². The van der Waals surface area contributed by atoms with Crippen LogP contribution in [0.25, 0.3) is 0 Å². The van der Waals surface area contributed by atoms with E-state index in [1.807, 2.05) is 11.4 Å². The maximum Gasteiger partial charge on any atom is 0.332 e. The van der Waals surface area contributed by atoms with Crippen molar-refractivity contribution in [1.29, 1.82) is 0 Å². The van der Waals surface area contributed by atoms with Crippen LogP contribution in [0.1, 0.15) is 31.2 Å². The Labute approximate surface area is 139 Å². The molecule has 5 rings (SSSR count). The minimum Gasteiger partial charge on any atom is -0.449 e. The Hall–Kier alpha value is -1.83. The molecule has 1 aromatic rings. The van der Waals surface area contributed by atoms with Crippen molar-refractivity contribution in [3.05, 3.63) is 45.7 Å². The summed E-state index contributed by atoms with van der Waals surface area (Å²) in [6, 6.07) is 2.71. The van der Waals surface area contributed by atoms with Gasteiger partial charge in [0.25, 0.3) is 0 Å². The van der Waals surface area contributed by atoms with E-state index in [1.165, 1.54) is 12.8 Å². The molecule has 0 aromatic carbocycles. The zero-order valence-electron chi connectivity index (χ0n) is 12.7. The Morgan fingerprint density at radius 3 is 3.17 bits per heavy atom. The molecule has 116 valence electrons. The van der Waals surface area contributed by atoms with E-state index in [2.05, 4.69) is 28.2 Å². The Morgan fingerprint density at radius 2 is 2.30 bits per heavy atom. The number of carbonyl (C=O) groups excluding carboxylic acids is 1. The molecule has 3 nitrogen and oxygen atoms in total. The van der Waals surface area contributed by atoms with Gasteiger partial charge in [-0.05, 0) is 30.8 Å². The van der Waals surface area contributed by atoms with E-state index in [9.17, 15) is 4.79 Å². The smallest absolute Gasteiger partial charge is 0.332 e. The summed E-state index contributed by atoms with van der Waals surface area (Å²) in [5, 5.41) is 4.08. The quantitative estimate of drug-likeness (QED) is 0.543. The van der Waals surface area contributed by atoms with Crippen LogP contribution < -0.4 is 0 Å². The lowest BCUT2D eigenvalue weighted by Crippen LogP contribution is -2.48. The normalized spacial score (nSPS) is 34.7. The Bertz CT molecular complexity index is 795. The molecule has 0 N–H and O–H groups in total. The van der Waals surface area contributed by atoms with Crippen LogP contribution >= 0.6 is 11.3 Å². The molecule has 1 spiro atoms. The van der Waals surface area contributed by atoms with Crippen LogP contribution in [-0.2, 0) is 9.53 Å². The minimum absolute atomic E-state index is 0.198. The topological polar surface area (TPSA) is 29.5 Å². The number of hydrogen-bond acceptors (Lipinski definition) is 4. The van der Waals surface area contributed by atoms with E-state index in [0.29, 0.717) is 12.1 Å². The molecule has 0 radical (unpaired) electrons. The lowest BCUT2D eigenvalue weighted by Gasteiger charge is -2.38. The van der Waals surface area contributed by atoms with E-state index in [-0.39, 0.29) is 5.97 Å². The molecule has 3 aliphatic heterocycles. The average molecular weight is 323 g/mol. The molecule has 3 atom stereocenters. The summed E-state index contributed by atoms with van der Waals surface area (Å²) in [7, 11) is 0. The maximum atomic E-state index is 12.1. The van der Waals surface area contributed by atoms with Gasteiger partial charge in [0.1, 0.15) is 0 Å². The number of nitrogens with zero attached hydrogens (tertiary/aromatic N) is 1. The molecular weight excluding hydrogens is 306 g/mol. The summed E-state index contributed by atoms with van der Waals surface area (Å²) >= 11 is 1.65. The van der Waals surface area contributed by atoms with E-state index in [4.69, 9.17) is 4.74 Å². The van der Waals surface area contributed by atoms with Crippen molar-refractivity contribution >= 4 is 17.3 Å². The van der Waals surface area contributed by atoms with Crippen molar-refractivity contribution in [1.82, 2.24) is 4.90 Å². The van der Waals surface area contributed by atoms with Crippen molar-refractivity contribution in [2.24, 2.45) is 0 Å². The van der Waals surface area contributed by atoms with Crippen LogP contribution in [-0.4, -0.2) is 35.1 Å². The van der Waals surface area contributed by atoms with Crippen LogP contribution in [0, 0.1) is 11.8 Å². The van der Waals surface area contributed by atoms with Gasteiger partial charge in [-0.3, -0.25) is 4.90 Å². The monoisotopic (exact) mass is 323 g/mol. The Morgan fingerprint density at radius 1 is 1.35 bits per heavy atom. The SMILES string of the molecule is O=C1C=C2C(C#Cc3ccsc3)=CC3C[C@@]2(O1)[C@H]1CCCCN31. The van der Waals surface area contributed by atoms with Crippen molar-refractivity contribution in [2.75, 3.05) is 6.54 Å². The second kappa shape index (κ2) is 4.83. The zero-order chi connectivity index (χ0) is 15.4. The summed E-state index contributed by atoms with van der Waals surface area (Å²) in [4.78, 5) is 14.6. The standard InChI is InChI=1S/C19H17NO2S/c21-18-10-16-14(5-4-13-6-8-23-12-13)9-15-11-19(16,22-18)17-3-1-2-7-20(15)17/h6,8-10,12,15,17H,1-3,7,11H2/t15?,17-,19+/m1/s1. The summed E-state index contributed by atoms with van der Waals surface area (Å²) in [5.41, 5.74) is 2.62. The van der Waals surface area contributed by atoms with E-state index in [0.717, 1.165) is 36.1 Å². The molecule has 0 saturated carbocycles. The molecule has 2 bridgehead atoms. The first kappa shape index (κ1) is 13.6. The number of rotatable bonds is 0. The fraction of sp³-hybridized carbons (Fsp3) is 0.421. The highest BCUT2D eigenvalue weighted by Crippen LogP contribution is 2.53. The Kier molecular flexibility index (Phi) is 2.86. The minimum atomic E-state index is -0.435. The van der Waals surface area contributed by atoms with Gasteiger partial charge in [-0.25, -0.2) is 4.79 Å². The van der Waals surface area contributed by atoms with Gasteiger partial charge in [-0.2, -0.15) is 11.3 Å². The van der Waals surface area contributed by atoms with Crippen molar-refractivity contribution in [3.8, 4) is 11.8 Å². The van der Waals surface area contributed by atoms with E-state index >= 15 is 0 Å². The molecule has 4 aliphatic rings. The molecule has 0 amide bonds. The van der Waals surface area contributed by atoms with Crippen molar-refractivity contribution in [2.45, 2.75) is 43.4 Å². The third-order valence-corrected chi connectivity index (χ3v) is 6.22. The Balaban J connectivity index is 1.60. The highest BCUT2D eigenvalue weighted by molar-refractivity contribution is 7.08. The highest BCUT2D eigenvalue weighted by Gasteiger charge is 2.61. The number of hydrogen-bond donors (Lipinski definition) is 0. The third-order valence-electron chi connectivity index (χ3n) is 5.53. The van der Waals surface area contributed by atoms with Gasteiger partial charge >= 0.3 is 5.97 Å². The molecule has 2 fully saturated rings. The van der Waals surface area contributed by atoms with E-state index < -0.39 is 5.60 Å². The van der Waals surface area contributed by atoms with Gasteiger partial charge in [-0.15, -0.1) is 0 Å². The van der Waals surface area contributed by atoms with Gasteiger partial charge in [0.2, 0.25) is 0 Å². The first-order chi connectivity index (χ1) is 11.3. The van der Waals surface area contributed by atoms with Gasteiger partial charge in [0.05, 0.1) is 6.04 Å². The number of fused-ring (bicyclic) bond motifs is 3. The van der Waals surface area contributed by atoms with Gasteiger partial charge < -0.3 is 4.74 Å². The predicted octanol–water partition coefficient (Wildman–Crippen LogP) is 2.89. The van der Waals surface area contributed by atoms with E-state index in [1.54, 1.807) is 17.4 Å². The fourth-order valence-electron chi connectivity index (χ4n) is 4.65. The lowest BCUT2D eigenvalue weighted by atomic mass is 9.77. The number of esters is 1. The molecule has 4 heteroatoms. The van der Waals surface area contributed by atoms with Gasteiger partial charge in [0.15, 0.2) is 5.60 Å². The number of carbonyl (C=O) groups is 1. The molecule has 1 aliphatic carbocycles. The third kappa shape index (κ3) is 1.90. The van der Waals surface area contributed by atoms with Crippen molar-refractivity contribution in [3.63, 3.8) is 0 Å². The van der Waals surface area contributed by atoms with Crippen LogP contribution in [0.4, 0.5) is 0 Å². The summed E-state index contributed by atoms with van der Waals surface area (Å²) in [6.07, 6.45) is 8.41. The first-order valence-corrected chi connectivity index (χ1v) is 9.18. The highest BCUT2D eigenvalue weighted by atomic mass is 32.1. The molecule has 1 unspecified atom stereocenters. The summed E-state index contributed by atoms with van der Waals surface area (Å²) < 4.78 is 5.90. The predicted molar refractivity (Wildman–Crippen MR) is 88.9 cm³/mol. The molecule has 2 saturated heterocycles. The number of ether oxygens (including phenoxy) is 1. The van der Waals surface area contributed by atoms with Crippen LogP contribution in [0.3, 0.4) is 0 Å². The summed E-state index contributed by atoms with van der Waals surface area (Å²) in [6.45, 7) is 1.10. The molecule has 1 aromatic heterocycles. The summed E-state index contributed by atoms with van der Waals surface area (Å²) in [5.74, 6) is 6.35. The fourth-order valence-corrected chi connectivity index (χ4v) is 5.23. The van der Waals surface area contributed by atoms with Crippen LogP contribution in [0.2, 0.25) is 0 Å². The van der Waals surface area contributed by atoms with Gasteiger partial charge in [-0.1, -0.05) is 24.3 Å². The lowest BCUT2D eigenvalue weighted by molar-refractivity contribution is -0.148. The largest absolute Gasteiger partial charge is 0.449 e. The second-order valence-corrected chi connectivity index (χ2v) is 7.51. The number of piperidine rings is 1. The molecule has 23 heavy (non-hydrogen) atoms. The number of thiophene rings is 1. The first-order valence-electron chi connectivity index (χ1n) is 8.24. The second-order valence-electron chi connectivity index (χ2n) is 6.73. The van der Waals surface area contributed by atoms with Crippen LogP contribution in [0.15, 0.2) is 40.1 Å². The molecule has 4 heterocycles. The van der Waals surface area contributed by atoms with Gasteiger partial charge in [0, 0.05) is 40.6 Å².